The van der Waals surface area contributed by atoms with Crippen LogP contribution in [0.15, 0.2) is 30.5 Å². The molecule has 3 N–H and O–H groups in total. The Morgan fingerprint density at radius 2 is 2.04 bits per heavy atom. The first-order chi connectivity index (χ1) is 11.3. The van der Waals surface area contributed by atoms with Crippen LogP contribution >= 0.6 is 0 Å². The lowest BCUT2D eigenvalue weighted by Crippen LogP contribution is -2.15. The number of aromatic carboxylic acids is 1. The number of H-pyrrole nitrogens is 1. The van der Waals surface area contributed by atoms with Crippen LogP contribution < -0.4 is 0 Å². The molecule has 0 aliphatic carbocycles. The number of fused-ring (bicyclic) bond motifs is 1. The highest BCUT2D eigenvalue weighted by Gasteiger charge is 2.21. The van der Waals surface area contributed by atoms with Gasteiger partial charge in [-0.25, -0.2) is 14.8 Å². The van der Waals surface area contributed by atoms with Gasteiger partial charge in [-0.2, -0.15) is 0 Å². The van der Waals surface area contributed by atoms with Crippen LogP contribution in [0.5, 0.6) is 0 Å². The summed E-state index contributed by atoms with van der Waals surface area (Å²) in [6, 6.07) is 7.35. The number of aromatic amines is 1. The molecule has 0 saturated heterocycles. The van der Waals surface area contributed by atoms with Crippen LogP contribution in [0.25, 0.3) is 22.3 Å². The molecule has 3 aromatic rings. The molecule has 0 radical (unpaired) electrons. The van der Waals surface area contributed by atoms with E-state index in [2.05, 4.69) is 15.0 Å². The largest absolute Gasteiger partial charge is 0.478 e. The molecule has 24 heavy (non-hydrogen) atoms. The van der Waals surface area contributed by atoms with Gasteiger partial charge in [-0.15, -0.1) is 0 Å². The standard InChI is InChI=1S/C18H19N3O3/c1-4-13-20-15(10-6-5-7-11(8-10)18(2,3)24)14-12(17(22)23)9-19-16(14)21-13/h5-9,24H,4H2,1-3H3,(H,22,23)(H,19,20,21). The molecule has 6 heteroatoms. The first-order valence-corrected chi connectivity index (χ1v) is 7.76. The van der Waals surface area contributed by atoms with Crippen molar-refractivity contribution in [1.29, 1.82) is 0 Å². The Balaban J connectivity index is 2.32. The van der Waals surface area contributed by atoms with Gasteiger partial charge in [0.05, 0.1) is 22.2 Å². The van der Waals surface area contributed by atoms with Crippen molar-refractivity contribution in [2.75, 3.05) is 0 Å². The van der Waals surface area contributed by atoms with Gasteiger partial charge in [0.1, 0.15) is 11.5 Å². The van der Waals surface area contributed by atoms with E-state index in [-0.39, 0.29) is 5.56 Å². The summed E-state index contributed by atoms with van der Waals surface area (Å²) in [6.45, 7) is 5.36. The topological polar surface area (TPSA) is 99.1 Å². The van der Waals surface area contributed by atoms with E-state index in [0.717, 1.165) is 11.1 Å². The number of hydrogen-bond acceptors (Lipinski definition) is 4. The zero-order valence-corrected chi connectivity index (χ0v) is 13.8. The summed E-state index contributed by atoms with van der Waals surface area (Å²) in [5, 5.41) is 20.2. The zero-order chi connectivity index (χ0) is 17.5. The van der Waals surface area contributed by atoms with Crippen molar-refractivity contribution >= 4 is 17.0 Å². The van der Waals surface area contributed by atoms with Crippen molar-refractivity contribution < 1.29 is 15.0 Å². The summed E-state index contributed by atoms with van der Waals surface area (Å²) in [4.78, 5) is 23.4. The minimum Gasteiger partial charge on any atom is -0.478 e. The van der Waals surface area contributed by atoms with E-state index in [9.17, 15) is 15.0 Å². The fraction of sp³-hybridized carbons (Fsp3) is 0.278. The number of aliphatic hydroxyl groups is 1. The Morgan fingerprint density at radius 1 is 1.29 bits per heavy atom. The van der Waals surface area contributed by atoms with Gasteiger partial charge >= 0.3 is 5.97 Å². The molecule has 2 aromatic heterocycles. The van der Waals surface area contributed by atoms with Gasteiger partial charge in [0.15, 0.2) is 0 Å². The molecule has 3 rings (SSSR count). The van der Waals surface area contributed by atoms with Gasteiger partial charge in [0, 0.05) is 18.2 Å². The molecule has 0 fully saturated rings. The van der Waals surface area contributed by atoms with E-state index in [1.54, 1.807) is 13.8 Å². The third-order valence-corrected chi connectivity index (χ3v) is 3.97. The molecule has 0 amide bonds. The molecule has 2 heterocycles. The smallest absolute Gasteiger partial charge is 0.338 e. The molecular weight excluding hydrogens is 306 g/mol. The van der Waals surface area contributed by atoms with Crippen LogP contribution in [0.4, 0.5) is 0 Å². The number of aromatic nitrogens is 3. The van der Waals surface area contributed by atoms with Gasteiger partial charge in [0.2, 0.25) is 0 Å². The summed E-state index contributed by atoms with van der Waals surface area (Å²) in [5.74, 6) is -0.404. The lowest BCUT2D eigenvalue weighted by Gasteiger charge is -2.18. The Kier molecular flexibility index (Phi) is 3.85. The van der Waals surface area contributed by atoms with Crippen molar-refractivity contribution in [1.82, 2.24) is 15.0 Å². The van der Waals surface area contributed by atoms with Gasteiger partial charge in [0.25, 0.3) is 0 Å². The quantitative estimate of drug-likeness (QED) is 0.684. The van der Waals surface area contributed by atoms with Crippen LogP contribution in [0.2, 0.25) is 0 Å². The molecule has 0 aliphatic heterocycles. The summed E-state index contributed by atoms with van der Waals surface area (Å²) < 4.78 is 0. The molecule has 0 bridgehead atoms. The van der Waals surface area contributed by atoms with E-state index in [1.165, 1.54) is 6.20 Å². The Hall–Kier alpha value is -2.73. The summed E-state index contributed by atoms with van der Waals surface area (Å²) >= 11 is 0. The first kappa shape index (κ1) is 16.1. The number of nitrogens with one attached hydrogen (secondary N) is 1. The maximum Gasteiger partial charge on any atom is 0.338 e. The molecule has 0 unspecified atom stereocenters. The van der Waals surface area contributed by atoms with Crippen molar-refractivity contribution in [3.63, 3.8) is 0 Å². The van der Waals surface area contributed by atoms with Crippen molar-refractivity contribution in [3.8, 4) is 11.3 Å². The van der Waals surface area contributed by atoms with E-state index in [0.29, 0.717) is 29.0 Å². The fourth-order valence-electron chi connectivity index (χ4n) is 2.66. The van der Waals surface area contributed by atoms with E-state index in [1.807, 2.05) is 31.2 Å². The van der Waals surface area contributed by atoms with Gasteiger partial charge in [-0.1, -0.05) is 25.1 Å². The highest BCUT2D eigenvalue weighted by molar-refractivity contribution is 6.07. The fourth-order valence-corrected chi connectivity index (χ4v) is 2.66. The third-order valence-electron chi connectivity index (χ3n) is 3.97. The summed E-state index contributed by atoms with van der Waals surface area (Å²) in [5.41, 5.74) is 1.68. The van der Waals surface area contributed by atoms with Crippen LogP contribution in [0.3, 0.4) is 0 Å². The zero-order valence-electron chi connectivity index (χ0n) is 13.8. The molecule has 124 valence electrons. The van der Waals surface area contributed by atoms with Crippen molar-refractivity contribution in [2.24, 2.45) is 0 Å². The van der Waals surface area contributed by atoms with Crippen molar-refractivity contribution in [3.05, 3.63) is 47.4 Å². The predicted molar refractivity (Wildman–Crippen MR) is 90.9 cm³/mol. The van der Waals surface area contributed by atoms with Crippen LogP contribution in [0.1, 0.15) is 42.5 Å². The van der Waals surface area contributed by atoms with Crippen LogP contribution in [-0.2, 0) is 12.0 Å². The lowest BCUT2D eigenvalue weighted by molar-refractivity contribution is 0.0698. The average molecular weight is 325 g/mol. The number of carbonyl (C=O) groups is 1. The lowest BCUT2D eigenvalue weighted by atomic mass is 9.95. The van der Waals surface area contributed by atoms with E-state index < -0.39 is 11.6 Å². The first-order valence-electron chi connectivity index (χ1n) is 7.76. The van der Waals surface area contributed by atoms with Gasteiger partial charge in [-0.05, 0) is 25.5 Å². The third kappa shape index (κ3) is 2.76. The highest BCUT2D eigenvalue weighted by atomic mass is 16.4. The predicted octanol–water partition coefficient (Wildman–Crippen LogP) is 3.11. The Morgan fingerprint density at radius 3 is 2.67 bits per heavy atom. The number of hydrogen-bond donors (Lipinski definition) is 3. The number of rotatable bonds is 4. The van der Waals surface area contributed by atoms with E-state index >= 15 is 0 Å². The second-order valence-corrected chi connectivity index (χ2v) is 6.21. The van der Waals surface area contributed by atoms with Crippen LogP contribution in [-0.4, -0.2) is 31.1 Å². The average Bonchev–Trinajstić information content (AvgIpc) is 2.97. The van der Waals surface area contributed by atoms with Gasteiger partial charge in [-0.3, -0.25) is 0 Å². The normalized spacial score (nSPS) is 11.8. The maximum atomic E-state index is 11.5. The van der Waals surface area contributed by atoms with Gasteiger partial charge < -0.3 is 15.2 Å². The minimum atomic E-state index is -1.03. The summed E-state index contributed by atoms with van der Waals surface area (Å²) in [6.07, 6.45) is 2.07. The minimum absolute atomic E-state index is 0.135. The number of carboxylic acids is 1. The second kappa shape index (κ2) is 5.72. The van der Waals surface area contributed by atoms with Crippen molar-refractivity contribution in [2.45, 2.75) is 32.8 Å². The molecule has 0 atom stereocenters. The number of nitrogens with zero attached hydrogens (tertiary/aromatic N) is 2. The molecular formula is C18H19N3O3. The van der Waals surface area contributed by atoms with E-state index in [4.69, 9.17) is 0 Å². The monoisotopic (exact) mass is 325 g/mol. The molecule has 0 saturated carbocycles. The SMILES string of the molecule is CCc1nc(-c2cccc(C(C)(C)O)c2)c2c(C(=O)O)c[nH]c2n1. The molecule has 0 spiro atoms. The highest BCUT2D eigenvalue weighted by Crippen LogP contribution is 2.31. The Labute approximate surface area is 139 Å². The second-order valence-electron chi connectivity index (χ2n) is 6.21. The maximum absolute atomic E-state index is 11.5. The molecule has 0 aliphatic rings. The molecule has 1 aromatic carbocycles. The van der Waals surface area contributed by atoms with Crippen LogP contribution in [0, 0.1) is 0 Å². The summed E-state index contributed by atoms with van der Waals surface area (Å²) in [7, 11) is 0. The Bertz CT molecular complexity index is 923. The number of aryl methyl sites for hydroxylation is 1. The number of benzene rings is 1. The molecule has 6 nitrogen and oxygen atoms in total. The number of carboxylic acid groups (broad SMARTS) is 1.